The minimum Gasteiger partial charge on any atom is -0.327 e. The first-order valence-corrected chi connectivity index (χ1v) is 8.40. The van der Waals surface area contributed by atoms with Gasteiger partial charge in [-0.25, -0.2) is 0 Å². The molecule has 21 heavy (non-hydrogen) atoms. The minimum absolute atomic E-state index is 0.230. The average Bonchev–Trinajstić information content (AvgIpc) is 2.45. The smallest absolute Gasteiger partial charge is 0.0139 e. The van der Waals surface area contributed by atoms with Crippen LogP contribution in [0.3, 0.4) is 0 Å². The summed E-state index contributed by atoms with van der Waals surface area (Å²) in [4.78, 5) is 0. The molecule has 0 heterocycles. The van der Waals surface area contributed by atoms with Gasteiger partial charge >= 0.3 is 0 Å². The van der Waals surface area contributed by atoms with Gasteiger partial charge in [0.2, 0.25) is 0 Å². The Kier molecular flexibility index (Phi) is 4.03. The summed E-state index contributed by atoms with van der Waals surface area (Å²) in [7, 11) is 0. The molecule has 0 aromatic heterocycles. The third kappa shape index (κ3) is 2.60. The Balaban J connectivity index is 1.93. The first-order valence-electron chi connectivity index (χ1n) is 8.40. The summed E-state index contributed by atoms with van der Waals surface area (Å²) >= 11 is 0. The van der Waals surface area contributed by atoms with E-state index in [9.17, 15) is 0 Å². The molecule has 2 unspecified atom stereocenters. The van der Waals surface area contributed by atoms with E-state index in [0.717, 1.165) is 12.3 Å². The first kappa shape index (κ1) is 14.6. The number of fused-ring (bicyclic) bond motifs is 1. The average molecular weight is 281 g/mol. The molecule has 3 rings (SSSR count). The van der Waals surface area contributed by atoms with Crippen molar-refractivity contribution < 1.29 is 0 Å². The SMILES string of the molecule is CCC(C)CC(N)C1(c2ccc3ccccc3c2)CCC1. The number of hydrogen-bond acceptors (Lipinski definition) is 1. The highest BCUT2D eigenvalue weighted by Crippen LogP contribution is 2.47. The summed E-state index contributed by atoms with van der Waals surface area (Å²) in [5.74, 6) is 0.720. The molecule has 2 atom stereocenters. The number of hydrogen-bond donors (Lipinski definition) is 1. The quantitative estimate of drug-likeness (QED) is 0.817. The second-order valence-electron chi connectivity index (χ2n) is 6.93. The van der Waals surface area contributed by atoms with Crippen molar-refractivity contribution in [3.05, 3.63) is 48.0 Å². The fraction of sp³-hybridized carbons (Fsp3) is 0.500. The van der Waals surface area contributed by atoms with Crippen molar-refractivity contribution in [2.45, 2.75) is 57.4 Å². The molecule has 2 aromatic rings. The van der Waals surface area contributed by atoms with Gasteiger partial charge in [0.1, 0.15) is 0 Å². The fourth-order valence-electron chi connectivity index (χ4n) is 3.76. The zero-order valence-electron chi connectivity index (χ0n) is 13.3. The molecule has 1 saturated carbocycles. The summed E-state index contributed by atoms with van der Waals surface area (Å²) in [6.45, 7) is 4.59. The molecule has 2 N–H and O–H groups in total. The Morgan fingerprint density at radius 1 is 1.10 bits per heavy atom. The third-order valence-electron chi connectivity index (χ3n) is 5.63. The van der Waals surface area contributed by atoms with Gasteiger partial charge in [0, 0.05) is 11.5 Å². The van der Waals surface area contributed by atoms with Crippen molar-refractivity contribution in [3.63, 3.8) is 0 Å². The third-order valence-corrected chi connectivity index (χ3v) is 5.63. The van der Waals surface area contributed by atoms with E-state index in [1.54, 1.807) is 0 Å². The summed E-state index contributed by atoms with van der Waals surface area (Å²) < 4.78 is 0. The van der Waals surface area contributed by atoms with E-state index in [0.29, 0.717) is 6.04 Å². The topological polar surface area (TPSA) is 26.0 Å². The highest BCUT2D eigenvalue weighted by atomic mass is 14.7. The molecule has 0 saturated heterocycles. The zero-order chi connectivity index (χ0) is 14.9. The molecule has 1 nitrogen and oxygen atoms in total. The molecule has 2 aromatic carbocycles. The van der Waals surface area contributed by atoms with E-state index >= 15 is 0 Å². The van der Waals surface area contributed by atoms with Gasteiger partial charge in [-0.2, -0.15) is 0 Å². The Hall–Kier alpha value is -1.34. The van der Waals surface area contributed by atoms with Crippen LogP contribution in [0.15, 0.2) is 42.5 Å². The van der Waals surface area contributed by atoms with Gasteiger partial charge in [-0.3, -0.25) is 0 Å². The predicted octanol–water partition coefficient (Wildman–Crippen LogP) is 5.03. The van der Waals surface area contributed by atoms with E-state index in [-0.39, 0.29) is 5.41 Å². The summed E-state index contributed by atoms with van der Waals surface area (Å²) in [6.07, 6.45) is 6.19. The Morgan fingerprint density at radius 3 is 2.43 bits per heavy atom. The number of nitrogens with two attached hydrogens (primary N) is 1. The van der Waals surface area contributed by atoms with Crippen LogP contribution < -0.4 is 5.73 Å². The van der Waals surface area contributed by atoms with Crippen LogP contribution in [0.1, 0.15) is 51.5 Å². The Morgan fingerprint density at radius 2 is 1.81 bits per heavy atom. The monoisotopic (exact) mass is 281 g/mol. The molecule has 1 aliphatic rings. The molecule has 0 radical (unpaired) electrons. The Bertz CT molecular complexity index is 612. The number of rotatable bonds is 5. The first-order chi connectivity index (χ1) is 10.2. The lowest BCUT2D eigenvalue weighted by molar-refractivity contribution is 0.175. The van der Waals surface area contributed by atoms with Gasteiger partial charge in [0.05, 0.1) is 0 Å². The molecule has 0 amide bonds. The van der Waals surface area contributed by atoms with Crippen LogP contribution >= 0.6 is 0 Å². The maximum Gasteiger partial charge on any atom is 0.0139 e. The van der Waals surface area contributed by atoms with Gasteiger partial charge in [-0.15, -0.1) is 0 Å². The molecule has 1 fully saturated rings. The fourth-order valence-corrected chi connectivity index (χ4v) is 3.76. The lowest BCUT2D eigenvalue weighted by Gasteiger charge is -2.48. The van der Waals surface area contributed by atoms with E-state index in [2.05, 4.69) is 56.3 Å². The van der Waals surface area contributed by atoms with Gasteiger partial charge in [0.25, 0.3) is 0 Å². The van der Waals surface area contributed by atoms with E-state index in [4.69, 9.17) is 5.73 Å². The van der Waals surface area contributed by atoms with Gasteiger partial charge in [-0.05, 0) is 41.5 Å². The van der Waals surface area contributed by atoms with Crippen molar-refractivity contribution in [3.8, 4) is 0 Å². The van der Waals surface area contributed by atoms with Crippen molar-refractivity contribution in [1.82, 2.24) is 0 Å². The standard InChI is InChI=1S/C20H27N/c1-3-15(2)13-19(21)20(11-6-12-20)18-10-9-16-7-4-5-8-17(16)14-18/h4-5,7-10,14-15,19H,3,6,11-13,21H2,1-2H3. The van der Waals surface area contributed by atoms with Crippen molar-refractivity contribution in [2.75, 3.05) is 0 Å². The second kappa shape index (κ2) is 5.81. The van der Waals surface area contributed by atoms with E-state index < -0.39 is 0 Å². The molecule has 1 aliphatic carbocycles. The van der Waals surface area contributed by atoms with E-state index in [1.165, 1.54) is 42.0 Å². The molecule has 0 spiro atoms. The van der Waals surface area contributed by atoms with Crippen LogP contribution in [0.4, 0.5) is 0 Å². The largest absolute Gasteiger partial charge is 0.327 e. The molecule has 112 valence electrons. The van der Waals surface area contributed by atoms with Crippen LogP contribution in [0.5, 0.6) is 0 Å². The summed E-state index contributed by atoms with van der Waals surface area (Å²) in [5, 5.41) is 2.67. The normalized spacial score (nSPS) is 20.0. The van der Waals surface area contributed by atoms with Crippen molar-refractivity contribution >= 4 is 10.8 Å². The zero-order valence-corrected chi connectivity index (χ0v) is 13.3. The lowest BCUT2D eigenvalue weighted by Crippen LogP contribution is -2.51. The van der Waals surface area contributed by atoms with Gasteiger partial charge in [0.15, 0.2) is 0 Å². The summed E-state index contributed by atoms with van der Waals surface area (Å²) in [5.41, 5.74) is 8.36. The highest BCUT2D eigenvalue weighted by Gasteiger charge is 2.43. The van der Waals surface area contributed by atoms with Crippen molar-refractivity contribution in [1.29, 1.82) is 0 Å². The van der Waals surface area contributed by atoms with Crippen molar-refractivity contribution in [2.24, 2.45) is 11.7 Å². The second-order valence-corrected chi connectivity index (χ2v) is 6.93. The van der Waals surface area contributed by atoms with Crippen LogP contribution in [-0.2, 0) is 5.41 Å². The number of benzene rings is 2. The van der Waals surface area contributed by atoms with Crippen LogP contribution in [-0.4, -0.2) is 6.04 Å². The van der Waals surface area contributed by atoms with Gasteiger partial charge in [-0.1, -0.05) is 69.2 Å². The molecule has 1 heteroatoms. The molecule has 0 bridgehead atoms. The molecule has 0 aliphatic heterocycles. The predicted molar refractivity (Wildman–Crippen MR) is 91.5 cm³/mol. The van der Waals surface area contributed by atoms with Crippen LogP contribution in [0.2, 0.25) is 0 Å². The highest BCUT2D eigenvalue weighted by molar-refractivity contribution is 5.83. The summed E-state index contributed by atoms with van der Waals surface area (Å²) in [6, 6.07) is 15.9. The minimum atomic E-state index is 0.230. The molecular formula is C20H27N. The van der Waals surface area contributed by atoms with Crippen LogP contribution in [0.25, 0.3) is 10.8 Å². The van der Waals surface area contributed by atoms with Gasteiger partial charge < -0.3 is 5.73 Å². The van der Waals surface area contributed by atoms with Crippen LogP contribution in [0, 0.1) is 5.92 Å². The van der Waals surface area contributed by atoms with E-state index in [1.807, 2.05) is 0 Å². The molecular weight excluding hydrogens is 254 g/mol. The Labute approximate surface area is 128 Å². The maximum absolute atomic E-state index is 6.67. The maximum atomic E-state index is 6.67. The lowest BCUT2D eigenvalue weighted by atomic mass is 9.59.